The zero-order valence-corrected chi connectivity index (χ0v) is 7.41. The van der Waals surface area contributed by atoms with Crippen molar-refractivity contribution in [3.63, 3.8) is 0 Å². The van der Waals surface area contributed by atoms with Crippen LogP contribution in [0.5, 0.6) is 5.75 Å². The van der Waals surface area contributed by atoms with Crippen LogP contribution in [0.2, 0.25) is 0 Å². The Labute approximate surface area is 76.5 Å². The van der Waals surface area contributed by atoms with Crippen molar-refractivity contribution in [3.8, 4) is 5.75 Å². The summed E-state index contributed by atoms with van der Waals surface area (Å²) in [6, 6.07) is 5.44. The van der Waals surface area contributed by atoms with Crippen molar-refractivity contribution in [2.75, 3.05) is 5.73 Å². The number of ether oxygens (including phenoxy) is 1. The van der Waals surface area contributed by atoms with Gasteiger partial charge in [0.05, 0.1) is 6.42 Å². The molecule has 0 fully saturated rings. The van der Waals surface area contributed by atoms with Gasteiger partial charge in [0.15, 0.2) is 0 Å². The Hall–Kier alpha value is -1.51. The van der Waals surface area contributed by atoms with E-state index in [4.69, 9.17) is 10.5 Å². The van der Waals surface area contributed by atoms with Crippen LogP contribution in [-0.4, -0.2) is 5.97 Å². The van der Waals surface area contributed by atoms with Crippen LogP contribution < -0.4 is 10.5 Å². The average molecular weight is 179 g/mol. The highest BCUT2D eigenvalue weighted by Crippen LogP contribution is 2.34. The van der Waals surface area contributed by atoms with Crippen molar-refractivity contribution >= 4 is 11.7 Å². The fourth-order valence-corrected chi connectivity index (χ4v) is 1.57. The van der Waals surface area contributed by atoms with Crippen LogP contribution in [0, 0.1) is 0 Å². The Balaban J connectivity index is 2.49. The van der Waals surface area contributed by atoms with Crippen LogP contribution in [0.1, 0.15) is 24.8 Å². The van der Waals surface area contributed by atoms with E-state index < -0.39 is 0 Å². The van der Waals surface area contributed by atoms with Gasteiger partial charge in [-0.05, 0) is 17.5 Å². The van der Waals surface area contributed by atoms with Gasteiger partial charge in [0.2, 0.25) is 0 Å². The number of nitrogen functional groups attached to an aromatic ring is 1. The number of carbonyl (C=O) groups is 1. The monoisotopic (exact) mass is 179 g/mol. The minimum atomic E-state index is -0.175. The summed E-state index contributed by atoms with van der Waals surface area (Å²) in [5, 5.41) is 0. The molecule has 1 aromatic rings. The molecule has 1 heterocycles. The van der Waals surface area contributed by atoms with Gasteiger partial charge in [-0.2, -0.15) is 0 Å². The van der Waals surface area contributed by atoms with Gasteiger partial charge in [-0.25, -0.2) is 0 Å². The zero-order valence-electron chi connectivity index (χ0n) is 7.41. The molecule has 1 aromatic carbocycles. The van der Waals surface area contributed by atoms with E-state index in [1.54, 1.807) is 6.07 Å². The number of hydrogen-bond acceptors (Lipinski definition) is 3. The maximum absolute atomic E-state index is 11.1. The second-order valence-corrected chi connectivity index (χ2v) is 3.38. The number of carbonyl (C=O) groups excluding carboxylic acids is 1. The van der Waals surface area contributed by atoms with E-state index in [0.29, 0.717) is 17.9 Å². The summed E-state index contributed by atoms with van der Waals surface area (Å²) in [5.41, 5.74) is 7.27. The van der Waals surface area contributed by atoms with Gasteiger partial charge in [-0.15, -0.1) is 0 Å². The van der Waals surface area contributed by atoms with Gasteiger partial charge < -0.3 is 10.5 Å². The Morgan fingerprint density at radius 2 is 2.31 bits per heavy atom. The van der Waals surface area contributed by atoms with E-state index in [0.717, 1.165) is 5.56 Å². The second kappa shape index (κ2) is 2.76. The SMILES string of the molecule is [13CH3][13CH]1CC(=O)Oc2cc(N)ccc21. The third kappa shape index (κ3) is 1.37. The molecule has 1 aliphatic heterocycles. The number of rotatable bonds is 0. The van der Waals surface area contributed by atoms with Crippen molar-refractivity contribution in [2.45, 2.75) is 19.3 Å². The molecule has 13 heavy (non-hydrogen) atoms. The molecule has 3 nitrogen and oxygen atoms in total. The van der Waals surface area contributed by atoms with Crippen LogP contribution in [0.3, 0.4) is 0 Å². The average Bonchev–Trinajstić information content (AvgIpc) is 2.02. The maximum atomic E-state index is 11.1. The lowest BCUT2D eigenvalue weighted by Gasteiger charge is -2.21. The van der Waals surface area contributed by atoms with Crippen LogP contribution >= 0.6 is 0 Å². The molecule has 2 rings (SSSR count). The smallest absolute Gasteiger partial charge is 0.311 e. The summed E-state index contributed by atoms with van der Waals surface area (Å²) < 4.78 is 5.06. The van der Waals surface area contributed by atoms with Gasteiger partial charge in [0.25, 0.3) is 0 Å². The molecule has 1 aliphatic rings. The predicted octanol–water partition coefficient (Wildman–Crippen LogP) is 1.68. The van der Waals surface area contributed by atoms with E-state index in [1.165, 1.54) is 0 Å². The van der Waals surface area contributed by atoms with E-state index >= 15 is 0 Å². The largest absolute Gasteiger partial charge is 0.426 e. The Morgan fingerprint density at radius 3 is 3.08 bits per heavy atom. The molecule has 0 saturated carbocycles. The molecule has 0 spiro atoms. The molecule has 0 aromatic heterocycles. The van der Waals surface area contributed by atoms with Crippen LogP contribution in [-0.2, 0) is 4.79 Å². The lowest BCUT2D eigenvalue weighted by atomic mass is 10.1. The number of nitrogens with two attached hydrogens (primary N) is 1. The van der Waals surface area contributed by atoms with Crippen LogP contribution in [0.25, 0.3) is 0 Å². The first-order chi connectivity index (χ1) is 6.16. The first kappa shape index (κ1) is 8.10. The molecule has 0 bridgehead atoms. The van der Waals surface area contributed by atoms with E-state index in [9.17, 15) is 4.79 Å². The van der Waals surface area contributed by atoms with Crippen LogP contribution in [0.4, 0.5) is 5.69 Å². The van der Waals surface area contributed by atoms with Gasteiger partial charge >= 0.3 is 5.97 Å². The number of fused-ring (bicyclic) bond motifs is 1. The fourth-order valence-electron chi connectivity index (χ4n) is 1.57. The molecular weight excluding hydrogens is 168 g/mol. The lowest BCUT2D eigenvalue weighted by Crippen LogP contribution is -2.18. The predicted molar refractivity (Wildman–Crippen MR) is 49.5 cm³/mol. The summed E-state index contributed by atoms with van der Waals surface area (Å²) in [6.07, 6.45) is 0.455. The molecular formula is C10H11NO2. The van der Waals surface area contributed by atoms with Gasteiger partial charge in [-0.1, -0.05) is 13.0 Å². The van der Waals surface area contributed by atoms with E-state index in [1.807, 2.05) is 19.1 Å². The number of benzene rings is 1. The minimum Gasteiger partial charge on any atom is -0.426 e. The Kier molecular flexibility index (Phi) is 1.72. The highest BCUT2D eigenvalue weighted by Gasteiger charge is 2.23. The van der Waals surface area contributed by atoms with Crippen molar-refractivity contribution in [1.29, 1.82) is 0 Å². The number of hydrogen-bond donors (Lipinski definition) is 1. The molecule has 0 saturated heterocycles. The summed E-state index contributed by atoms with van der Waals surface area (Å²) in [5.74, 6) is 0.672. The lowest BCUT2D eigenvalue weighted by molar-refractivity contribution is -0.135. The fraction of sp³-hybridized carbons (Fsp3) is 0.300. The van der Waals surface area contributed by atoms with Gasteiger partial charge in [-0.3, -0.25) is 4.79 Å². The summed E-state index contributed by atoms with van der Waals surface area (Å²) >= 11 is 0. The standard InChI is InChI=1S/C10H11NO2/c1-6-4-10(12)13-9-5-7(11)2-3-8(6)9/h2-3,5-6H,4,11H2,1H3/i1+1,6+1. The molecule has 1 unspecified atom stereocenters. The maximum Gasteiger partial charge on any atom is 0.311 e. The highest BCUT2D eigenvalue weighted by molar-refractivity contribution is 5.77. The summed E-state index contributed by atoms with van der Waals surface area (Å²) in [4.78, 5) is 11.1. The van der Waals surface area contributed by atoms with E-state index in [-0.39, 0.29) is 11.9 Å². The topological polar surface area (TPSA) is 52.3 Å². The molecule has 1 atom stereocenters. The normalized spacial score (nSPS) is 20.7. The molecule has 3 heteroatoms. The van der Waals surface area contributed by atoms with Crippen molar-refractivity contribution in [1.82, 2.24) is 0 Å². The molecule has 0 amide bonds. The first-order valence-electron chi connectivity index (χ1n) is 4.27. The number of anilines is 1. The van der Waals surface area contributed by atoms with Crippen molar-refractivity contribution < 1.29 is 9.53 Å². The second-order valence-electron chi connectivity index (χ2n) is 3.38. The summed E-state index contributed by atoms with van der Waals surface area (Å²) in [7, 11) is 0. The minimum absolute atomic E-state index is 0.175. The quantitative estimate of drug-likeness (QED) is 0.285. The first-order valence-corrected chi connectivity index (χ1v) is 4.27. The molecule has 0 radical (unpaired) electrons. The van der Waals surface area contributed by atoms with Gasteiger partial charge in [0.1, 0.15) is 5.75 Å². The molecule has 68 valence electrons. The van der Waals surface area contributed by atoms with Crippen molar-refractivity contribution in [3.05, 3.63) is 23.8 Å². The molecule has 2 N–H and O–H groups in total. The van der Waals surface area contributed by atoms with Gasteiger partial charge in [0, 0.05) is 11.8 Å². The Morgan fingerprint density at radius 1 is 1.54 bits per heavy atom. The zero-order chi connectivity index (χ0) is 9.42. The van der Waals surface area contributed by atoms with E-state index in [2.05, 4.69) is 0 Å². The third-order valence-corrected chi connectivity index (χ3v) is 2.27. The number of esters is 1. The molecule has 0 aliphatic carbocycles. The van der Waals surface area contributed by atoms with Crippen molar-refractivity contribution in [2.24, 2.45) is 0 Å². The third-order valence-electron chi connectivity index (χ3n) is 2.27. The Bertz CT molecular complexity index is 360. The summed E-state index contributed by atoms with van der Waals surface area (Å²) in [6.45, 7) is 2.01. The van der Waals surface area contributed by atoms with Crippen LogP contribution in [0.15, 0.2) is 18.2 Å². The highest BCUT2D eigenvalue weighted by atomic mass is 16.5.